The zero-order valence-electron chi connectivity index (χ0n) is 23.3. The molecule has 0 radical (unpaired) electrons. The molecule has 1 aliphatic carbocycles. The maximum Gasteiger partial charge on any atom is 0.302 e. The Hall–Kier alpha value is -3.88. The number of fused-ring (bicyclic) bond motifs is 3. The summed E-state index contributed by atoms with van der Waals surface area (Å²) in [5.74, 6) is 0.844. The van der Waals surface area contributed by atoms with Gasteiger partial charge >= 0.3 is 5.97 Å². The second-order valence-corrected chi connectivity index (χ2v) is 10.1. The van der Waals surface area contributed by atoms with Gasteiger partial charge in [-0.2, -0.15) is 0 Å². The van der Waals surface area contributed by atoms with Crippen LogP contribution >= 0.6 is 0 Å². The number of nitrogens with zero attached hydrogens (tertiary/aromatic N) is 2. The van der Waals surface area contributed by atoms with Gasteiger partial charge in [-0.1, -0.05) is 12.1 Å². The average molecular weight is 536 g/mol. The largest absolute Gasteiger partial charge is 0.493 e. The Morgan fingerprint density at radius 1 is 1.05 bits per heavy atom. The van der Waals surface area contributed by atoms with Gasteiger partial charge < -0.3 is 24.4 Å². The first kappa shape index (κ1) is 28.1. The highest BCUT2D eigenvalue weighted by molar-refractivity contribution is 6.15. The van der Waals surface area contributed by atoms with E-state index >= 15 is 0 Å². The quantitative estimate of drug-likeness (QED) is 0.480. The molecule has 9 nitrogen and oxygen atoms in total. The van der Waals surface area contributed by atoms with E-state index < -0.39 is 0 Å². The van der Waals surface area contributed by atoms with Crippen molar-refractivity contribution < 1.29 is 28.6 Å². The van der Waals surface area contributed by atoms with E-state index in [1.165, 1.54) is 11.8 Å². The van der Waals surface area contributed by atoms with Crippen LogP contribution in [-0.4, -0.2) is 68.4 Å². The van der Waals surface area contributed by atoms with Crippen molar-refractivity contribution in [3.8, 4) is 11.5 Å². The maximum atomic E-state index is 12.3. The van der Waals surface area contributed by atoms with Crippen LogP contribution in [0.25, 0.3) is 0 Å². The Morgan fingerprint density at radius 2 is 1.79 bits per heavy atom. The van der Waals surface area contributed by atoms with Gasteiger partial charge in [0.1, 0.15) is 6.10 Å². The zero-order chi connectivity index (χ0) is 28.1. The summed E-state index contributed by atoms with van der Waals surface area (Å²) in [6, 6.07) is 11.6. The van der Waals surface area contributed by atoms with Crippen molar-refractivity contribution in [3.05, 3.63) is 53.1 Å². The van der Waals surface area contributed by atoms with Crippen molar-refractivity contribution in [2.75, 3.05) is 33.1 Å². The third kappa shape index (κ3) is 6.58. The van der Waals surface area contributed by atoms with Crippen molar-refractivity contribution in [1.82, 2.24) is 4.90 Å². The minimum atomic E-state index is -0.264. The third-order valence-corrected chi connectivity index (χ3v) is 7.19. The van der Waals surface area contributed by atoms with E-state index in [-0.39, 0.29) is 48.7 Å². The number of carbonyl (C=O) groups excluding carboxylic acids is 3. The fourth-order valence-corrected chi connectivity index (χ4v) is 5.31. The number of nitrogens with one attached hydrogen (secondary N) is 1. The van der Waals surface area contributed by atoms with Crippen molar-refractivity contribution in [2.45, 2.75) is 64.0 Å². The second kappa shape index (κ2) is 12.3. The van der Waals surface area contributed by atoms with Crippen LogP contribution in [0.5, 0.6) is 11.5 Å². The van der Waals surface area contributed by atoms with Crippen LogP contribution in [0.15, 0.2) is 41.4 Å². The molecule has 208 valence electrons. The van der Waals surface area contributed by atoms with Gasteiger partial charge in [-0.3, -0.25) is 19.4 Å². The lowest BCUT2D eigenvalue weighted by molar-refractivity contribution is -0.148. The molecule has 2 aromatic rings. The van der Waals surface area contributed by atoms with Gasteiger partial charge in [-0.25, -0.2) is 0 Å². The minimum Gasteiger partial charge on any atom is -0.493 e. The molecule has 1 N–H and O–H groups in total. The number of hydrogen-bond donors (Lipinski definition) is 1. The molecule has 3 atom stereocenters. The van der Waals surface area contributed by atoms with Gasteiger partial charge in [0.2, 0.25) is 11.8 Å². The molecule has 0 saturated heterocycles. The van der Waals surface area contributed by atoms with Gasteiger partial charge in [0.05, 0.1) is 25.5 Å². The highest BCUT2D eigenvalue weighted by Crippen LogP contribution is 2.45. The highest BCUT2D eigenvalue weighted by atomic mass is 16.5. The molecule has 1 heterocycles. The molecule has 2 aliphatic rings. The molecule has 39 heavy (non-hydrogen) atoms. The van der Waals surface area contributed by atoms with E-state index in [2.05, 4.69) is 5.32 Å². The number of esters is 1. The minimum absolute atomic E-state index is 0.0517. The molecule has 2 aromatic carbocycles. The second-order valence-electron chi connectivity index (χ2n) is 10.1. The van der Waals surface area contributed by atoms with E-state index in [1.54, 1.807) is 21.2 Å². The Balaban J connectivity index is 1.61. The van der Waals surface area contributed by atoms with Crippen molar-refractivity contribution in [1.29, 1.82) is 0 Å². The van der Waals surface area contributed by atoms with Crippen LogP contribution < -0.4 is 14.8 Å². The predicted octanol–water partition coefficient (Wildman–Crippen LogP) is 4.32. The molecule has 4 rings (SSSR count). The van der Waals surface area contributed by atoms with E-state index in [4.69, 9.17) is 19.2 Å². The topological polar surface area (TPSA) is 107 Å². The smallest absolute Gasteiger partial charge is 0.302 e. The number of methoxy groups -OCH3 is 1. The summed E-state index contributed by atoms with van der Waals surface area (Å²) in [6.45, 7) is 3.90. The highest BCUT2D eigenvalue weighted by Gasteiger charge is 2.38. The average Bonchev–Trinajstić information content (AvgIpc) is 2.91. The number of ether oxygens (including phenoxy) is 3. The number of rotatable bonds is 9. The van der Waals surface area contributed by atoms with E-state index in [0.717, 1.165) is 35.2 Å². The van der Waals surface area contributed by atoms with Crippen molar-refractivity contribution in [2.24, 2.45) is 4.99 Å². The summed E-state index contributed by atoms with van der Waals surface area (Å²) in [5, 5.41) is 2.86. The van der Waals surface area contributed by atoms with Gasteiger partial charge in [-0.05, 0) is 56.0 Å². The monoisotopic (exact) mass is 535 g/mol. The first-order valence-electron chi connectivity index (χ1n) is 13.4. The summed E-state index contributed by atoms with van der Waals surface area (Å²) in [5.41, 5.74) is 4.49. The Bertz CT molecular complexity index is 1250. The van der Waals surface area contributed by atoms with Crippen LogP contribution in [0.4, 0.5) is 5.69 Å². The molecule has 0 spiro atoms. The molecule has 1 saturated carbocycles. The molecular formula is C30H37N3O6. The third-order valence-electron chi connectivity index (χ3n) is 7.19. The van der Waals surface area contributed by atoms with Crippen LogP contribution in [0.3, 0.4) is 0 Å². The maximum absolute atomic E-state index is 12.3. The number of aliphatic imine (C=N–C) groups is 1. The molecular weight excluding hydrogens is 498 g/mol. The van der Waals surface area contributed by atoms with E-state index in [0.29, 0.717) is 30.2 Å². The Kier molecular flexibility index (Phi) is 8.89. The van der Waals surface area contributed by atoms with Crippen molar-refractivity contribution in [3.63, 3.8) is 0 Å². The van der Waals surface area contributed by atoms with Gasteiger partial charge in [0, 0.05) is 56.6 Å². The lowest BCUT2D eigenvalue weighted by Gasteiger charge is -2.38. The molecule has 1 fully saturated rings. The van der Waals surface area contributed by atoms with Gasteiger partial charge in [0.15, 0.2) is 11.5 Å². The number of anilines is 1. The summed E-state index contributed by atoms with van der Waals surface area (Å²) in [7, 11) is 4.96. The predicted molar refractivity (Wildman–Crippen MR) is 149 cm³/mol. The molecule has 0 aromatic heterocycles. The molecule has 3 unspecified atom stereocenters. The zero-order valence-corrected chi connectivity index (χ0v) is 23.3. The summed E-state index contributed by atoms with van der Waals surface area (Å²) in [4.78, 5) is 42.4. The number of carbonyl (C=O) groups is 3. The lowest BCUT2D eigenvalue weighted by atomic mass is 9.74. The fraction of sp³-hybridized carbons (Fsp3) is 0.467. The molecule has 0 bridgehead atoms. The Labute approximate surface area is 229 Å². The number of benzene rings is 2. The standard InChI is InChI=1S/C30H37N3O6/c1-6-38-27-16-22-23-15-21(39-18(2)34)11-12-25(23)32-30(24(22)17-26(27)37-5)19-7-9-20(10-8-19)31-28(35)13-14-29(36)33(3)4/h7-10,16-17,21,23,25H,6,11-15H2,1-5H3,(H,31,35). The summed E-state index contributed by atoms with van der Waals surface area (Å²) >= 11 is 0. The molecule has 1 aliphatic heterocycles. The Morgan fingerprint density at radius 3 is 2.44 bits per heavy atom. The first-order chi connectivity index (χ1) is 18.7. The molecule has 9 heteroatoms. The SMILES string of the molecule is CCOc1cc2c(cc1OC)C(c1ccc(NC(=O)CCC(=O)N(C)C)cc1)=NC1CCC(OC(C)=O)CC21. The summed E-state index contributed by atoms with van der Waals surface area (Å²) < 4.78 is 17.1. The normalized spacial score (nSPS) is 19.6. The molecule has 2 amide bonds. The van der Waals surface area contributed by atoms with Crippen LogP contribution in [0.2, 0.25) is 0 Å². The fourth-order valence-electron chi connectivity index (χ4n) is 5.31. The van der Waals surface area contributed by atoms with Crippen LogP contribution in [-0.2, 0) is 19.1 Å². The van der Waals surface area contributed by atoms with Gasteiger partial charge in [0.25, 0.3) is 0 Å². The van der Waals surface area contributed by atoms with Crippen molar-refractivity contribution >= 4 is 29.2 Å². The number of amides is 2. The van der Waals surface area contributed by atoms with E-state index in [9.17, 15) is 14.4 Å². The number of hydrogen-bond acceptors (Lipinski definition) is 7. The lowest BCUT2D eigenvalue weighted by Crippen LogP contribution is -2.36. The van der Waals surface area contributed by atoms with Crippen LogP contribution in [0, 0.1) is 0 Å². The van der Waals surface area contributed by atoms with E-state index in [1.807, 2.05) is 43.3 Å². The van der Waals surface area contributed by atoms with Gasteiger partial charge in [-0.15, -0.1) is 0 Å². The van der Waals surface area contributed by atoms with Crippen LogP contribution in [0.1, 0.15) is 68.6 Å². The summed E-state index contributed by atoms with van der Waals surface area (Å²) in [6.07, 6.45) is 2.42. The first-order valence-corrected chi connectivity index (χ1v) is 13.4.